The number of carbonyl (C=O) groups excluding carboxylic acids is 2. The van der Waals surface area contributed by atoms with E-state index in [1.165, 1.54) is 36.6 Å². The molecule has 0 saturated carbocycles. The Hall–Kier alpha value is -2.64. The molecule has 1 aliphatic carbocycles. The third kappa shape index (κ3) is 4.64. The van der Waals surface area contributed by atoms with Crippen molar-refractivity contribution in [2.75, 3.05) is 7.11 Å². The standard InChI is InChI=1S/C26H27ClFNO4S/c1-13-22(25(31)32-5)24(23-18(29-13)10-26(3,4)11-19(23)30)21-8-15(14(2)34-21)12-33-20-7-6-16(28)9-17(20)27/h6-9,24,29H,10-12H2,1-5H3/t24-/m1/s1. The third-order valence-corrected chi connectivity index (χ3v) is 7.70. The molecule has 1 aliphatic heterocycles. The maximum Gasteiger partial charge on any atom is 0.336 e. The number of hydrogen-bond acceptors (Lipinski definition) is 6. The van der Waals surface area contributed by atoms with E-state index in [-0.39, 0.29) is 22.8 Å². The van der Waals surface area contributed by atoms with Crippen LogP contribution in [0.1, 0.15) is 54.8 Å². The van der Waals surface area contributed by atoms with Gasteiger partial charge < -0.3 is 14.8 Å². The number of carbonyl (C=O) groups is 2. The summed E-state index contributed by atoms with van der Waals surface area (Å²) in [4.78, 5) is 28.0. The first-order valence-electron chi connectivity index (χ1n) is 11.0. The van der Waals surface area contributed by atoms with Crippen LogP contribution in [0.2, 0.25) is 5.02 Å². The highest BCUT2D eigenvalue weighted by molar-refractivity contribution is 7.12. The predicted octanol–water partition coefficient (Wildman–Crippen LogP) is 6.21. The molecule has 2 aromatic rings. The monoisotopic (exact) mass is 503 g/mol. The van der Waals surface area contributed by atoms with Crippen LogP contribution in [0, 0.1) is 18.2 Å². The lowest BCUT2D eigenvalue weighted by Crippen LogP contribution is -2.38. The number of aryl methyl sites for hydroxylation is 1. The average molecular weight is 504 g/mol. The number of ether oxygens (including phenoxy) is 2. The summed E-state index contributed by atoms with van der Waals surface area (Å²) < 4.78 is 24.3. The minimum Gasteiger partial charge on any atom is -0.487 e. The molecule has 0 amide bonds. The molecule has 0 bridgehead atoms. The van der Waals surface area contributed by atoms with Gasteiger partial charge in [-0.25, -0.2) is 9.18 Å². The van der Waals surface area contributed by atoms with Crippen molar-refractivity contribution in [3.63, 3.8) is 0 Å². The summed E-state index contributed by atoms with van der Waals surface area (Å²) in [7, 11) is 1.35. The first-order valence-corrected chi connectivity index (χ1v) is 12.2. The molecule has 1 aromatic heterocycles. The number of methoxy groups -OCH3 is 1. The number of Topliss-reactive ketones (excluding diaryl/α,β-unsaturated/α-hetero) is 1. The number of allylic oxidation sites excluding steroid dienone is 3. The molecule has 4 rings (SSSR count). The van der Waals surface area contributed by atoms with Gasteiger partial charge in [-0.05, 0) is 49.9 Å². The van der Waals surface area contributed by atoms with Gasteiger partial charge in [0.15, 0.2) is 5.78 Å². The molecule has 5 nitrogen and oxygen atoms in total. The highest BCUT2D eigenvalue weighted by atomic mass is 35.5. The highest BCUT2D eigenvalue weighted by Crippen LogP contribution is 2.48. The van der Waals surface area contributed by atoms with Crippen molar-refractivity contribution in [2.45, 2.75) is 53.1 Å². The Kier molecular flexibility index (Phi) is 6.62. The summed E-state index contributed by atoms with van der Waals surface area (Å²) in [6.45, 7) is 8.19. The summed E-state index contributed by atoms with van der Waals surface area (Å²) >= 11 is 7.62. The molecule has 0 fully saturated rings. The van der Waals surface area contributed by atoms with Crippen LogP contribution < -0.4 is 10.1 Å². The van der Waals surface area contributed by atoms with Crippen molar-refractivity contribution < 1.29 is 23.5 Å². The van der Waals surface area contributed by atoms with Crippen LogP contribution >= 0.6 is 22.9 Å². The van der Waals surface area contributed by atoms with Crippen LogP contribution in [0.25, 0.3) is 0 Å². The van der Waals surface area contributed by atoms with Gasteiger partial charge in [0.25, 0.3) is 0 Å². The summed E-state index contributed by atoms with van der Waals surface area (Å²) in [6.07, 6.45) is 1.14. The van der Waals surface area contributed by atoms with Gasteiger partial charge in [0.1, 0.15) is 18.2 Å². The topological polar surface area (TPSA) is 64.6 Å². The average Bonchev–Trinajstić information content (AvgIpc) is 3.11. The Morgan fingerprint density at radius 3 is 2.68 bits per heavy atom. The maximum absolute atomic E-state index is 13.3. The van der Waals surface area contributed by atoms with Crippen molar-refractivity contribution in [1.82, 2.24) is 5.32 Å². The molecule has 0 unspecified atom stereocenters. The molecule has 8 heteroatoms. The highest BCUT2D eigenvalue weighted by Gasteiger charge is 2.43. The molecule has 1 aromatic carbocycles. The van der Waals surface area contributed by atoms with E-state index in [1.807, 2.05) is 19.9 Å². The summed E-state index contributed by atoms with van der Waals surface area (Å²) in [6, 6.07) is 5.97. The van der Waals surface area contributed by atoms with Crippen molar-refractivity contribution in [2.24, 2.45) is 5.41 Å². The number of ketones is 1. The molecule has 0 radical (unpaired) electrons. The van der Waals surface area contributed by atoms with E-state index < -0.39 is 17.7 Å². The number of esters is 1. The molecule has 180 valence electrons. The van der Waals surface area contributed by atoms with Crippen molar-refractivity contribution >= 4 is 34.7 Å². The molecule has 0 saturated heterocycles. The van der Waals surface area contributed by atoms with Crippen LogP contribution in [-0.4, -0.2) is 18.9 Å². The first-order chi connectivity index (χ1) is 16.0. The normalized spacial score (nSPS) is 19.6. The fourth-order valence-electron chi connectivity index (χ4n) is 4.68. The lowest BCUT2D eigenvalue weighted by Gasteiger charge is -2.39. The van der Waals surface area contributed by atoms with Crippen LogP contribution in [0.15, 0.2) is 46.8 Å². The second kappa shape index (κ2) is 9.19. The molecule has 2 heterocycles. The van der Waals surface area contributed by atoms with E-state index in [2.05, 4.69) is 19.2 Å². The fourth-order valence-corrected chi connectivity index (χ4v) is 6.06. The van der Waals surface area contributed by atoms with Gasteiger partial charge >= 0.3 is 5.97 Å². The van der Waals surface area contributed by atoms with Gasteiger partial charge in [-0.1, -0.05) is 25.4 Å². The van der Waals surface area contributed by atoms with Crippen molar-refractivity contribution in [1.29, 1.82) is 0 Å². The smallest absolute Gasteiger partial charge is 0.336 e. The Morgan fingerprint density at radius 1 is 1.26 bits per heavy atom. The molecular formula is C26H27ClFNO4S. The second-order valence-electron chi connectivity index (χ2n) is 9.52. The van der Waals surface area contributed by atoms with Gasteiger partial charge in [0, 0.05) is 38.7 Å². The number of hydrogen-bond donors (Lipinski definition) is 1. The van der Waals surface area contributed by atoms with Crippen molar-refractivity contribution in [3.8, 4) is 5.75 Å². The number of rotatable bonds is 5. The predicted molar refractivity (Wildman–Crippen MR) is 130 cm³/mol. The lowest BCUT2D eigenvalue weighted by atomic mass is 9.70. The SMILES string of the molecule is COC(=O)C1=C(C)NC2=C(C(=O)CC(C)(C)C2)[C@@H]1c1cc(COc2ccc(F)cc2Cl)c(C)s1. The van der Waals surface area contributed by atoms with E-state index >= 15 is 0 Å². The Bertz CT molecular complexity index is 1240. The first kappa shape index (κ1) is 24.5. The largest absolute Gasteiger partial charge is 0.487 e. The number of halogens is 2. The van der Waals surface area contributed by atoms with E-state index in [1.54, 1.807) is 0 Å². The summed E-state index contributed by atoms with van der Waals surface area (Å²) in [5.74, 6) is -0.961. The quantitative estimate of drug-likeness (QED) is 0.492. The Morgan fingerprint density at radius 2 is 2.00 bits per heavy atom. The van der Waals surface area contributed by atoms with Gasteiger partial charge in [-0.2, -0.15) is 0 Å². The van der Waals surface area contributed by atoms with Crippen molar-refractivity contribution in [3.05, 3.63) is 73.0 Å². The minimum absolute atomic E-state index is 0.0413. The van der Waals surface area contributed by atoms with Crippen LogP contribution in [-0.2, 0) is 20.9 Å². The molecule has 0 spiro atoms. The summed E-state index contributed by atoms with van der Waals surface area (Å²) in [5, 5.41) is 3.52. The maximum atomic E-state index is 13.3. The zero-order valence-electron chi connectivity index (χ0n) is 19.8. The second-order valence-corrected chi connectivity index (χ2v) is 11.2. The Labute approximate surface area is 207 Å². The number of benzene rings is 1. The molecule has 34 heavy (non-hydrogen) atoms. The van der Waals surface area contributed by atoms with Gasteiger partial charge in [0.05, 0.1) is 23.6 Å². The molecule has 1 N–H and O–H groups in total. The summed E-state index contributed by atoms with van der Waals surface area (Å²) in [5.41, 5.74) is 3.41. The van der Waals surface area contributed by atoms with E-state index in [4.69, 9.17) is 21.1 Å². The van der Waals surface area contributed by atoms with E-state index in [0.717, 1.165) is 27.4 Å². The lowest BCUT2D eigenvalue weighted by molar-refractivity contribution is -0.136. The van der Waals surface area contributed by atoms with Crippen LogP contribution in [0.3, 0.4) is 0 Å². The van der Waals surface area contributed by atoms with Gasteiger partial charge in [-0.15, -0.1) is 11.3 Å². The molecule has 1 atom stereocenters. The zero-order valence-corrected chi connectivity index (χ0v) is 21.4. The number of dihydropyridines is 1. The number of nitrogens with one attached hydrogen (secondary N) is 1. The van der Waals surface area contributed by atoms with E-state index in [9.17, 15) is 14.0 Å². The van der Waals surface area contributed by atoms with Crippen LogP contribution in [0.5, 0.6) is 5.75 Å². The fraction of sp³-hybridized carbons (Fsp3) is 0.385. The minimum atomic E-state index is -0.501. The zero-order chi connectivity index (χ0) is 24.8. The van der Waals surface area contributed by atoms with E-state index in [0.29, 0.717) is 29.0 Å². The van der Waals surface area contributed by atoms with Gasteiger partial charge in [-0.3, -0.25) is 4.79 Å². The van der Waals surface area contributed by atoms with Gasteiger partial charge in [0.2, 0.25) is 0 Å². The Balaban J connectivity index is 1.72. The number of thiophene rings is 1. The molecule has 2 aliphatic rings. The van der Waals surface area contributed by atoms with Crippen LogP contribution in [0.4, 0.5) is 4.39 Å². The molecular weight excluding hydrogens is 477 g/mol. The third-order valence-electron chi connectivity index (χ3n) is 6.25.